The normalized spacial score (nSPS) is 10.2. The SMILES string of the molecule is C#CC(O)CCCC=C.CC(=O)O. The van der Waals surface area contributed by atoms with E-state index in [0.29, 0.717) is 6.42 Å². The number of hydrogen-bond donors (Lipinski definition) is 2. The number of rotatable bonds is 4. The number of aliphatic hydroxyl groups is 1. The molecule has 2 N–H and O–H groups in total. The average Bonchev–Trinajstić information content (AvgIpc) is 2.03. The number of aliphatic hydroxyl groups excluding tert-OH is 1. The number of aliphatic carboxylic acids is 1. The van der Waals surface area contributed by atoms with Crippen LogP contribution in [0.5, 0.6) is 0 Å². The Hall–Kier alpha value is -1.27. The lowest BCUT2D eigenvalue weighted by Crippen LogP contribution is -2.00. The topological polar surface area (TPSA) is 57.5 Å². The fourth-order valence-corrected chi connectivity index (χ4v) is 0.539. The van der Waals surface area contributed by atoms with E-state index in [9.17, 15) is 0 Å². The van der Waals surface area contributed by atoms with Crippen LogP contribution in [0.2, 0.25) is 0 Å². The molecule has 0 aromatic rings. The second-order valence-corrected chi connectivity index (χ2v) is 2.42. The van der Waals surface area contributed by atoms with Gasteiger partial charge in [-0.3, -0.25) is 4.79 Å². The second kappa shape index (κ2) is 10.7. The fourth-order valence-electron chi connectivity index (χ4n) is 0.539. The van der Waals surface area contributed by atoms with Crippen molar-refractivity contribution in [2.75, 3.05) is 0 Å². The van der Waals surface area contributed by atoms with Crippen molar-refractivity contribution < 1.29 is 15.0 Å². The van der Waals surface area contributed by atoms with E-state index >= 15 is 0 Å². The molecule has 3 heteroatoms. The minimum atomic E-state index is -0.833. The molecular formula is C10H16O3. The number of terminal acetylenes is 1. The van der Waals surface area contributed by atoms with Crippen LogP contribution in [0, 0.1) is 12.3 Å². The molecule has 0 saturated carbocycles. The van der Waals surface area contributed by atoms with Crippen LogP contribution in [-0.2, 0) is 4.79 Å². The first-order chi connectivity index (χ1) is 6.04. The lowest BCUT2D eigenvalue weighted by Gasteiger charge is -1.98. The molecule has 0 saturated heterocycles. The number of hydrogen-bond acceptors (Lipinski definition) is 2. The maximum atomic E-state index is 9.00. The summed E-state index contributed by atoms with van der Waals surface area (Å²) in [6.45, 7) is 4.63. The minimum Gasteiger partial charge on any atom is -0.481 e. The smallest absolute Gasteiger partial charge is 0.300 e. The summed E-state index contributed by atoms with van der Waals surface area (Å²) >= 11 is 0. The lowest BCUT2D eigenvalue weighted by atomic mass is 10.1. The van der Waals surface area contributed by atoms with E-state index in [4.69, 9.17) is 21.4 Å². The van der Waals surface area contributed by atoms with E-state index in [-0.39, 0.29) is 0 Å². The van der Waals surface area contributed by atoms with Crippen LogP contribution in [0.25, 0.3) is 0 Å². The molecule has 1 atom stereocenters. The molecule has 0 fully saturated rings. The molecule has 0 spiro atoms. The van der Waals surface area contributed by atoms with Crippen molar-refractivity contribution in [3.05, 3.63) is 12.7 Å². The van der Waals surface area contributed by atoms with E-state index in [1.165, 1.54) is 0 Å². The van der Waals surface area contributed by atoms with Crippen molar-refractivity contribution in [2.24, 2.45) is 0 Å². The quantitative estimate of drug-likeness (QED) is 0.395. The third kappa shape index (κ3) is 24.9. The zero-order valence-electron chi connectivity index (χ0n) is 7.86. The average molecular weight is 184 g/mol. The minimum absolute atomic E-state index is 0.565. The lowest BCUT2D eigenvalue weighted by molar-refractivity contribution is -0.134. The molecular weight excluding hydrogens is 168 g/mol. The van der Waals surface area contributed by atoms with Crippen molar-refractivity contribution >= 4 is 5.97 Å². The molecule has 0 bridgehead atoms. The van der Waals surface area contributed by atoms with E-state index < -0.39 is 12.1 Å². The molecule has 13 heavy (non-hydrogen) atoms. The Morgan fingerprint density at radius 1 is 1.77 bits per heavy atom. The molecule has 0 aliphatic rings. The number of carbonyl (C=O) groups is 1. The van der Waals surface area contributed by atoms with Crippen LogP contribution >= 0.6 is 0 Å². The van der Waals surface area contributed by atoms with Gasteiger partial charge in [-0.1, -0.05) is 12.0 Å². The molecule has 3 nitrogen and oxygen atoms in total. The van der Waals surface area contributed by atoms with Crippen LogP contribution < -0.4 is 0 Å². The summed E-state index contributed by atoms with van der Waals surface area (Å²) in [5, 5.41) is 16.2. The van der Waals surface area contributed by atoms with Crippen molar-refractivity contribution in [3.63, 3.8) is 0 Å². The zero-order chi connectivity index (χ0) is 10.7. The summed E-state index contributed by atoms with van der Waals surface area (Å²) in [7, 11) is 0. The van der Waals surface area contributed by atoms with Gasteiger partial charge in [0.2, 0.25) is 0 Å². The van der Waals surface area contributed by atoms with Crippen molar-refractivity contribution in [1.82, 2.24) is 0 Å². The van der Waals surface area contributed by atoms with Gasteiger partial charge in [0.1, 0.15) is 6.10 Å². The zero-order valence-corrected chi connectivity index (χ0v) is 7.86. The van der Waals surface area contributed by atoms with Gasteiger partial charge in [0.15, 0.2) is 0 Å². The first-order valence-corrected chi connectivity index (χ1v) is 3.99. The van der Waals surface area contributed by atoms with Crippen LogP contribution in [0.3, 0.4) is 0 Å². The fraction of sp³-hybridized carbons (Fsp3) is 0.500. The summed E-state index contributed by atoms with van der Waals surface area (Å²) in [4.78, 5) is 9.00. The molecule has 0 aliphatic heterocycles. The van der Waals surface area contributed by atoms with Gasteiger partial charge in [0.25, 0.3) is 5.97 Å². The highest BCUT2D eigenvalue weighted by Crippen LogP contribution is 1.99. The Balaban J connectivity index is 0. The Labute approximate surface area is 79.1 Å². The Morgan fingerprint density at radius 2 is 2.23 bits per heavy atom. The third-order valence-electron chi connectivity index (χ3n) is 1.08. The van der Waals surface area contributed by atoms with E-state index in [2.05, 4.69) is 12.5 Å². The highest BCUT2D eigenvalue weighted by molar-refractivity contribution is 5.62. The van der Waals surface area contributed by atoms with Crippen LogP contribution in [-0.4, -0.2) is 22.3 Å². The third-order valence-corrected chi connectivity index (χ3v) is 1.08. The standard InChI is InChI=1S/C8H12O.C2H4O2/c1-3-5-6-7-8(9)4-2;1-2(3)4/h2-3,8-9H,1,5-7H2;1H3,(H,3,4). The number of carboxylic acids is 1. The Bertz CT molecular complexity index is 175. The monoisotopic (exact) mass is 184 g/mol. The van der Waals surface area contributed by atoms with Gasteiger partial charge in [0.05, 0.1) is 0 Å². The maximum absolute atomic E-state index is 9.00. The van der Waals surface area contributed by atoms with Gasteiger partial charge in [-0.2, -0.15) is 0 Å². The largest absolute Gasteiger partial charge is 0.481 e. The van der Waals surface area contributed by atoms with Gasteiger partial charge in [0, 0.05) is 6.92 Å². The van der Waals surface area contributed by atoms with Gasteiger partial charge in [-0.15, -0.1) is 13.0 Å². The molecule has 0 aliphatic carbocycles. The molecule has 1 unspecified atom stereocenters. The van der Waals surface area contributed by atoms with Crippen molar-refractivity contribution in [2.45, 2.75) is 32.3 Å². The van der Waals surface area contributed by atoms with Gasteiger partial charge in [-0.25, -0.2) is 0 Å². The highest BCUT2D eigenvalue weighted by Gasteiger charge is 1.94. The first-order valence-electron chi connectivity index (χ1n) is 3.99. The van der Waals surface area contributed by atoms with Gasteiger partial charge in [-0.05, 0) is 19.3 Å². The van der Waals surface area contributed by atoms with Gasteiger partial charge >= 0.3 is 0 Å². The second-order valence-electron chi connectivity index (χ2n) is 2.42. The molecule has 0 heterocycles. The summed E-state index contributed by atoms with van der Waals surface area (Å²) < 4.78 is 0. The molecule has 0 amide bonds. The summed E-state index contributed by atoms with van der Waals surface area (Å²) in [6.07, 6.45) is 8.72. The van der Waals surface area contributed by atoms with Gasteiger partial charge < -0.3 is 10.2 Å². The van der Waals surface area contributed by atoms with Crippen molar-refractivity contribution in [3.8, 4) is 12.3 Å². The summed E-state index contributed by atoms with van der Waals surface area (Å²) in [5.41, 5.74) is 0. The van der Waals surface area contributed by atoms with E-state index in [0.717, 1.165) is 19.8 Å². The number of allylic oxidation sites excluding steroid dienone is 1. The Kier molecular flexibility index (Phi) is 11.8. The molecule has 0 rings (SSSR count). The predicted molar refractivity (Wildman–Crippen MR) is 52.2 cm³/mol. The number of carboxylic acid groups (broad SMARTS) is 1. The molecule has 0 aromatic carbocycles. The molecule has 0 aromatic heterocycles. The van der Waals surface area contributed by atoms with Crippen LogP contribution in [0.1, 0.15) is 26.2 Å². The van der Waals surface area contributed by atoms with Crippen LogP contribution in [0.4, 0.5) is 0 Å². The summed E-state index contributed by atoms with van der Waals surface area (Å²) in [6, 6.07) is 0. The Morgan fingerprint density at radius 3 is 2.54 bits per heavy atom. The van der Waals surface area contributed by atoms with Crippen LogP contribution in [0.15, 0.2) is 12.7 Å². The predicted octanol–water partition coefficient (Wildman–Crippen LogP) is 1.43. The summed E-state index contributed by atoms with van der Waals surface area (Å²) in [5.74, 6) is 1.41. The molecule has 74 valence electrons. The first kappa shape index (κ1) is 14.3. The highest BCUT2D eigenvalue weighted by atomic mass is 16.4. The number of unbranched alkanes of at least 4 members (excludes halogenated alkanes) is 1. The van der Waals surface area contributed by atoms with E-state index in [1.807, 2.05) is 6.08 Å². The van der Waals surface area contributed by atoms with E-state index in [1.54, 1.807) is 0 Å². The maximum Gasteiger partial charge on any atom is 0.300 e. The molecule has 0 radical (unpaired) electrons. The van der Waals surface area contributed by atoms with Crippen molar-refractivity contribution in [1.29, 1.82) is 0 Å².